The average Bonchev–Trinajstić information content (AvgIpc) is 3.20. The van der Waals surface area contributed by atoms with Gasteiger partial charge in [0.1, 0.15) is 22.7 Å². The Labute approximate surface area is 211 Å². The van der Waals surface area contributed by atoms with Crippen LogP contribution in [-0.4, -0.2) is 32.0 Å². The van der Waals surface area contributed by atoms with Gasteiger partial charge in [0.15, 0.2) is 0 Å². The second-order valence-electron chi connectivity index (χ2n) is 7.64. The largest absolute Gasteiger partial charge is 0.462 e. The van der Waals surface area contributed by atoms with Crippen molar-refractivity contribution in [2.45, 2.75) is 18.7 Å². The number of amides is 1. The molecular formula is C25H20N2O9S. The number of non-ortho nitro benzene ring substituents is 1. The summed E-state index contributed by atoms with van der Waals surface area (Å²) in [6.45, 7) is 3.28. The number of carbonyl (C=O) groups excluding carboxylic acids is 2. The van der Waals surface area contributed by atoms with Crippen LogP contribution >= 0.6 is 0 Å². The average molecular weight is 525 g/mol. The Kier molecular flexibility index (Phi) is 6.94. The minimum atomic E-state index is -4.73. The Balaban J connectivity index is 1.89. The number of nitrogens with zero attached hydrogens (tertiary/aromatic N) is 2. The summed E-state index contributed by atoms with van der Waals surface area (Å²) in [7, 11) is -4.73. The number of hydrogen-bond acceptors (Lipinski definition) is 9. The summed E-state index contributed by atoms with van der Waals surface area (Å²) in [6, 6.07) is 16.0. The van der Waals surface area contributed by atoms with E-state index >= 15 is 0 Å². The van der Waals surface area contributed by atoms with Gasteiger partial charge in [-0.05, 0) is 50.2 Å². The van der Waals surface area contributed by atoms with Gasteiger partial charge >= 0.3 is 12.1 Å². The zero-order valence-corrected chi connectivity index (χ0v) is 20.4. The summed E-state index contributed by atoms with van der Waals surface area (Å²) in [6.07, 6.45) is -1.30. The maximum Gasteiger partial charge on any atom is 0.434 e. The maximum absolute atomic E-state index is 13.7. The summed E-state index contributed by atoms with van der Waals surface area (Å²) in [5.41, 5.74) is -0.342. The number of sulfonamides is 1. The van der Waals surface area contributed by atoms with Crippen LogP contribution in [0, 0.1) is 17.0 Å². The van der Waals surface area contributed by atoms with Gasteiger partial charge in [-0.2, -0.15) is 4.31 Å². The number of ether oxygens (including phenoxy) is 2. The Bertz CT molecular complexity index is 1610. The summed E-state index contributed by atoms with van der Waals surface area (Å²) >= 11 is 0. The van der Waals surface area contributed by atoms with Crippen molar-refractivity contribution in [2.75, 3.05) is 10.9 Å². The SMILES string of the molecule is CCOC(=O)c1c(C)oc2ccc(N(C(=O)Oc3ccccc3)S(=O)(=O)c3cccc([N+](=O)[O-])c3)cc12. The first-order valence-corrected chi connectivity index (χ1v) is 12.3. The number of fused-ring (bicyclic) bond motifs is 1. The fraction of sp³-hybridized carbons (Fsp3) is 0.120. The molecule has 12 heteroatoms. The number of hydrogen-bond donors (Lipinski definition) is 0. The highest BCUT2D eigenvalue weighted by molar-refractivity contribution is 7.93. The van der Waals surface area contributed by atoms with E-state index in [-0.39, 0.29) is 40.3 Å². The molecule has 1 aromatic heterocycles. The number of furan rings is 1. The van der Waals surface area contributed by atoms with Gasteiger partial charge in [0, 0.05) is 17.5 Å². The zero-order valence-electron chi connectivity index (χ0n) is 19.6. The number of carbonyl (C=O) groups is 2. The molecule has 0 unspecified atom stereocenters. The van der Waals surface area contributed by atoms with E-state index in [1.54, 1.807) is 32.0 Å². The Morgan fingerprint density at radius 3 is 2.43 bits per heavy atom. The number of esters is 1. The van der Waals surface area contributed by atoms with E-state index in [1.807, 2.05) is 0 Å². The van der Waals surface area contributed by atoms with Gasteiger partial charge in [-0.1, -0.05) is 24.3 Å². The van der Waals surface area contributed by atoms with Crippen molar-refractivity contribution in [2.24, 2.45) is 0 Å². The number of aryl methyl sites for hydroxylation is 1. The van der Waals surface area contributed by atoms with Crippen LogP contribution in [0.2, 0.25) is 0 Å². The molecule has 0 spiro atoms. The maximum atomic E-state index is 13.7. The van der Waals surface area contributed by atoms with Crippen LogP contribution in [0.3, 0.4) is 0 Å². The molecule has 4 aromatic rings. The van der Waals surface area contributed by atoms with Gasteiger partial charge in [0.25, 0.3) is 15.7 Å². The molecule has 1 amide bonds. The molecule has 0 aliphatic rings. The topological polar surface area (TPSA) is 146 Å². The van der Waals surface area contributed by atoms with Gasteiger partial charge in [0.05, 0.1) is 22.1 Å². The van der Waals surface area contributed by atoms with Gasteiger partial charge < -0.3 is 13.9 Å². The lowest BCUT2D eigenvalue weighted by atomic mass is 10.1. The smallest absolute Gasteiger partial charge is 0.434 e. The predicted octanol–water partition coefficient (Wildman–Crippen LogP) is 5.22. The highest BCUT2D eigenvalue weighted by Gasteiger charge is 2.35. The second kappa shape index (κ2) is 10.1. The molecule has 3 aromatic carbocycles. The molecule has 1 heterocycles. The standard InChI is InChI=1S/C25H20N2O9S/c1-3-34-24(28)23-16(2)35-22-13-12-17(15-21(22)23)26(25(29)36-19-9-5-4-6-10-19)37(32,33)20-11-7-8-18(14-20)27(30)31/h4-15H,3H2,1-2H3. The van der Waals surface area contributed by atoms with Crippen molar-refractivity contribution >= 4 is 44.4 Å². The quantitative estimate of drug-likeness (QED) is 0.180. The number of benzene rings is 3. The molecule has 0 fully saturated rings. The summed E-state index contributed by atoms with van der Waals surface area (Å²) in [5.74, 6) is -0.374. The van der Waals surface area contributed by atoms with Crippen LogP contribution in [0.1, 0.15) is 23.0 Å². The minimum absolute atomic E-state index is 0.0687. The lowest BCUT2D eigenvalue weighted by Gasteiger charge is -2.22. The number of para-hydroxylation sites is 1. The van der Waals surface area contributed by atoms with E-state index < -0.39 is 37.6 Å². The summed E-state index contributed by atoms with van der Waals surface area (Å²) in [4.78, 5) is 35.8. The molecule has 0 radical (unpaired) electrons. The van der Waals surface area contributed by atoms with Crippen molar-refractivity contribution in [1.29, 1.82) is 0 Å². The highest BCUT2D eigenvalue weighted by atomic mass is 32.2. The van der Waals surface area contributed by atoms with E-state index in [2.05, 4.69) is 0 Å². The number of anilines is 1. The molecule has 0 bridgehead atoms. The predicted molar refractivity (Wildman–Crippen MR) is 132 cm³/mol. The van der Waals surface area contributed by atoms with Crippen LogP contribution in [0.25, 0.3) is 11.0 Å². The van der Waals surface area contributed by atoms with Crippen molar-refractivity contribution < 1.29 is 36.8 Å². The molecule has 190 valence electrons. The number of nitro benzene ring substituents is 1. The van der Waals surface area contributed by atoms with E-state index in [0.717, 1.165) is 18.2 Å². The second-order valence-corrected chi connectivity index (χ2v) is 9.43. The summed E-state index contributed by atoms with van der Waals surface area (Å²) in [5, 5.41) is 11.5. The molecule has 0 saturated carbocycles. The van der Waals surface area contributed by atoms with E-state index in [4.69, 9.17) is 13.9 Å². The van der Waals surface area contributed by atoms with Crippen LogP contribution in [0.4, 0.5) is 16.2 Å². The molecule has 11 nitrogen and oxygen atoms in total. The Hall–Kier alpha value is -4.71. The Morgan fingerprint density at radius 2 is 1.76 bits per heavy atom. The Morgan fingerprint density at radius 1 is 1.03 bits per heavy atom. The van der Waals surface area contributed by atoms with E-state index in [9.17, 15) is 28.1 Å². The van der Waals surface area contributed by atoms with Gasteiger partial charge in [-0.15, -0.1) is 0 Å². The lowest BCUT2D eigenvalue weighted by Crippen LogP contribution is -2.39. The lowest BCUT2D eigenvalue weighted by molar-refractivity contribution is -0.385. The third-order valence-electron chi connectivity index (χ3n) is 5.24. The highest BCUT2D eigenvalue weighted by Crippen LogP contribution is 2.33. The number of rotatable bonds is 7. The first-order chi connectivity index (χ1) is 17.6. The molecule has 4 rings (SSSR count). The third-order valence-corrected chi connectivity index (χ3v) is 6.93. The minimum Gasteiger partial charge on any atom is -0.462 e. The van der Waals surface area contributed by atoms with Crippen LogP contribution in [0.5, 0.6) is 5.75 Å². The molecular weight excluding hydrogens is 504 g/mol. The third kappa shape index (κ3) is 5.00. The normalized spacial score (nSPS) is 11.2. The molecule has 0 aliphatic heterocycles. The van der Waals surface area contributed by atoms with Gasteiger partial charge in [0.2, 0.25) is 0 Å². The molecule has 0 atom stereocenters. The van der Waals surface area contributed by atoms with Crippen molar-refractivity contribution in [1.82, 2.24) is 0 Å². The van der Waals surface area contributed by atoms with E-state index in [0.29, 0.717) is 4.31 Å². The van der Waals surface area contributed by atoms with Gasteiger partial charge in [-0.25, -0.2) is 18.0 Å². The van der Waals surface area contributed by atoms with Crippen LogP contribution in [0.15, 0.2) is 82.1 Å². The molecule has 0 N–H and O–H groups in total. The molecule has 0 saturated heterocycles. The number of nitro groups is 1. The first kappa shape index (κ1) is 25.4. The van der Waals surface area contributed by atoms with Crippen molar-refractivity contribution in [3.8, 4) is 5.75 Å². The summed E-state index contributed by atoms with van der Waals surface area (Å²) < 4.78 is 43.8. The monoisotopic (exact) mass is 524 g/mol. The van der Waals surface area contributed by atoms with Crippen molar-refractivity contribution in [3.63, 3.8) is 0 Å². The first-order valence-electron chi connectivity index (χ1n) is 10.9. The van der Waals surface area contributed by atoms with Gasteiger partial charge in [-0.3, -0.25) is 10.1 Å². The molecule has 0 aliphatic carbocycles. The van der Waals surface area contributed by atoms with Crippen LogP contribution in [-0.2, 0) is 14.8 Å². The fourth-order valence-electron chi connectivity index (χ4n) is 3.63. The van der Waals surface area contributed by atoms with Crippen molar-refractivity contribution in [3.05, 3.63) is 94.2 Å². The zero-order chi connectivity index (χ0) is 26.7. The van der Waals surface area contributed by atoms with E-state index in [1.165, 1.54) is 36.4 Å². The fourth-order valence-corrected chi connectivity index (χ4v) is 4.98. The van der Waals surface area contributed by atoms with Crippen LogP contribution < -0.4 is 9.04 Å². The molecule has 37 heavy (non-hydrogen) atoms.